The predicted molar refractivity (Wildman–Crippen MR) is 82.7 cm³/mol. The van der Waals surface area contributed by atoms with Crippen molar-refractivity contribution in [3.8, 4) is 0 Å². The molecule has 1 aliphatic heterocycles. The SMILES string of the molecule is CC1CN(CCSc2ccccc2)C(C2CC2)CN1. The molecule has 2 nitrogen and oxygen atoms in total. The molecule has 1 heterocycles. The zero-order chi connectivity index (χ0) is 13.1. The molecule has 0 aromatic heterocycles. The fourth-order valence-electron chi connectivity index (χ4n) is 3.00. The Morgan fingerprint density at radius 2 is 2.05 bits per heavy atom. The Morgan fingerprint density at radius 1 is 1.26 bits per heavy atom. The summed E-state index contributed by atoms with van der Waals surface area (Å²) in [5, 5.41) is 3.64. The number of nitrogens with one attached hydrogen (secondary N) is 1. The van der Waals surface area contributed by atoms with E-state index in [-0.39, 0.29) is 0 Å². The molecule has 0 radical (unpaired) electrons. The Kier molecular flexibility index (Phi) is 4.46. The van der Waals surface area contributed by atoms with Crippen LogP contribution in [0, 0.1) is 5.92 Å². The van der Waals surface area contributed by atoms with Gasteiger partial charge in [-0.2, -0.15) is 0 Å². The van der Waals surface area contributed by atoms with Gasteiger partial charge in [0.25, 0.3) is 0 Å². The van der Waals surface area contributed by atoms with Crippen molar-refractivity contribution in [2.45, 2.75) is 36.7 Å². The first kappa shape index (κ1) is 13.5. The fourth-order valence-corrected chi connectivity index (χ4v) is 3.91. The van der Waals surface area contributed by atoms with Gasteiger partial charge in [-0.1, -0.05) is 18.2 Å². The molecule has 2 atom stereocenters. The average Bonchev–Trinajstić information content (AvgIpc) is 3.25. The Hall–Kier alpha value is -0.510. The minimum Gasteiger partial charge on any atom is -0.311 e. The average molecular weight is 276 g/mol. The molecule has 1 aliphatic carbocycles. The van der Waals surface area contributed by atoms with Crippen LogP contribution in [0.2, 0.25) is 0 Å². The third kappa shape index (κ3) is 3.74. The van der Waals surface area contributed by atoms with E-state index in [4.69, 9.17) is 0 Å². The molecule has 0 amide bonds. The largest absolute Gasteiger partial charge is 0.311 e. The zero-order valence-corrected chi connectivity index (χ0v) is 12.5. The predicted octanol–water partition coefficient (Wildman–Crippen LogP) is 2.85. The quantitative estimate of drug-likeness (QED) is 0.833. The molecule has 1 N–H and O–H groups in total. The Bertz CT molecular complexity index is 391. The van der Waals surface area contributed by atoms with Crippen molar-refractivity contribution in [1.82, 2.24) is 10.2 Å². The van der Waals surface area contributed by atoms with E-state index < -0.39 is 0 Å². The highest BCUT2D eigenvalue weighted by Gasteiger charge is 2.37. The molecule has 1 aromatic carbocycles. The Morgan fingerprint density at radius 3 is 2.79 bits per heavy atom. The van der Waals surface area contributed by atoms with Crippen molar-refractivity contribution in [3.63, 3.8) is 0 Å². The van der Waals surface area contributed by atoms with Gasteiger partial charge in [0.05, 0.1) is 0 Å². The van der Waals surface area contributed by atoms with Crippen LogP contribution in [0.3, 0.4) is 0 Å². The summed E-state index contributed by atoms with van der Waals surface area (Å²) in [5.74, 6) is 2.18. The van der Waals surface area contributed by atoms with Crippen LogP contribution >= 0.6 is 11.8 Å². The zero-order valence-electron chi connectivity index (χ0n) is 11.7. The highest BCUT2D eigenvalue weighted by atomic mass is 32.2. The highest BCUT2D eigenvalue weighted by molar-refractivity contribution is 7.99. The summed E-state index contributed by atoms with van der Waals surface area (Å²) in [6.45, 7) is 5.95. The van der Waals surface area contributed by atoms with Gasteiger partial charge in [0.1, 0.15) is 0 Å². The van der Waals surface area contributed by atoms with Crippen molar-refractivity contribution in [3.05, 3.63) is 30.3 Å². The summed E-state index contributed by atoms with van der Waals surface area (Å²) in [6, 6.07) is 12.2. The Labute approximate surface area is 121 Å². The first-order chi connectivity index (χ1) is 9.33. The second kappa shape index (κ2) is 6.29. The second-order valence-corrected chi connectivity index (χ2v) is 7.04. The summed E-state index contributed by atoms with van der Waals surface area (Å²) >= 11 is 1.99. The van der Waals surface area contributed by atoms with Crippen LogP contribution in [-0.2, 0) is 0 Å². The van der Waals surface area contributed by atoms with E-state index in [1.165, 1.54) is 43.1 Å². The Balaban J connectivity index is 1.49. The molecule has 1 aromatic rings. The monoisotopic (exact) mass is 276 g/mol. The van der Waals surface area contributed by atoms with Crippen LogP contribution in [0.4, 0.5) is 0 Å². The van der Waals surface area contributed by atoms with Crippen molar-refractivity contribution < 1.29 is 0 Å². The van der Waals surface area contributed by atoms with E-state index in [1.54, 1.807) is 0 Å². The molecule has 19 heavy (non-hydrogen) atoms. The molecule has 3 heteroatoms. The van der Waals surface area contributed by atoms with Crippen LogP contribution in [-0.4, -0.2) is 42.4 Å². The number of hydrogen-bond acceptors (Lipinski definition) is 3. The van der Waals surface area contributed by atoms with Gasteiger partial charge < -0.3 is 5.32 Å². The van der Waals surface area contributed by atoms with Crippen molar-refractivity contribution in [2.75, 3.05) is 25.4 Å². The molecule has 0 spiro atoms. The molecular weight excluding hydrogens is 252 g/mol. The lowest BCUT2D eigenvalue weighted by Gasteiger charge is -2.39. The summed E-state index contributed by atoms with van der Waals surface area (Å²) in [6.07, 6.45) is 2.89. The normalized spacial score (nSPS) is 28.5. The van der Waals surface area contributed by atoms with Gasteiger partial charge in [0, 0.05) is 42.4 Å². The van der Waals surface area contributed by atoms with Crippen LogP contribution in [0.5, 0.6) is 0 Å². The molecule has 1 saturated heterocycles. The molecule has 3 rings (SSSR count). The fraction of sp³-hybridized carbons (Fsp3) is 0.625. The van der Waals surface area contributed by atoms with Gasteiger partial charge >= 0.3 is 0 Å². The smallest absolute Gasteiger partial charge is 0.0249 e. The lowest BCUT2D eigenvalue weighted by molar-refractivity contribution is 0.128. The van der Waals surface area contributed by atoms with Crippen LogP contribution < -0.4 is 5.32 Å². The van der Waals surface area contributed by atoms with E-state index in [1.807, 2.05) is 11.8 Å². The van der Waals surface area contributed by atoms with E-state index in [0.717, 1.165) is 12.0 Å². The minimum absolute atomic E-state index is 0.650. The van der Waals surface area contributed by atoms with Crippen LogP contribution in [0.25, 0.3) is 0 Å². The maximum Gasteiger partial charge on any atom is 0.0249 e. The number of thioether (sulfide) groups is 1. The minimum atomic E-state index is 0.650. The van der Waals surface area contributed by atoms with Crippen molar-refractivity contribution >= 4 is 11.8 Å². The summed E-state index contributed by atoms with van der Waals surface area (Å²) in [5.41, 5.74) is 0. The van der Waals surface area contributed by atoms with Crippen molar-refractivity contribution in [1.29, 1.82) is 0 Å². The molecule has 2 aliphatic rings. The van der Waals surface area contributed by atoms with Crippen molar-refractivity contribution in [2.24, 2.45) is 5.92 Å². The molecule has 0 bridgehead atoms. The van der Waals surface area contributed by atoms with Gasteiger partial charge in [-0.15, -0.1) is 11.8 Å². The van der Waals surface area contributed by atoms with Crippen LogP contribution in [0.15, 0.2) is 35.2 Å². The maximum atomic E-state index is 3.64. The lowest BCUT2D eigenvalue weighted by atomic mass is 10.1. The standard InChI is InChI=1S/C16H24N2S/c1-13-12-18(16(11-17-13)14-7-8-14)9-10-19-15-5-3-2-4-6-15/h2-6,13-14,16-17H,7-12H2,1H3. The van der Waals surface area contributed by atoms with Crippen LogP contribution in [0.1, 0.15) is 19.8 Å². The first-order valence-electron chi connectivity index (χ1n) is 7.48. The molecule has 2 fully saturated rings. The summed E-state index contributed by atoms with van der Waals surface area (Å²) in [4.78, 5) is 4.13. The van der Waals surface area contributed by atoms with E-state index in [2.05, 4.69) is 47.5 Å². The lowest BCUT2D eigenvalue weighted by Crippen LogP contribution is -2.56. The number of hydrogen-bond donors (Lipinski definition) is 1. The number of rotatable bonds is 5. The number of piperazine rings is 1. The first-order valence-corrected chi connectivity index (χ1v) is 8.47. The van der Waals surface area contributed by atoms with Gasteiger partial charge in [-0.3, -0.25) is 4.90 Å². The second-order valence-electron chi connectivity index (χ2n) is 5.87. The highest BCUT2D eigenvalue weighted by Crippen LogP contribution is 2.36. The van der Waals surface area contributed by atoms with Gasteiger partial charge in [-0.05, 0) is 37.8 Å². The van der Waals surface area contributed by atoms with E-state index in [0.29, 0.717) is 6.04 Å². The number of benzene rings is 1. The number of nitrogens with zero attached hydrogens (tertiary/aromatic N) is 1. The summed E-state index contributed by atoms with van der Waals surface area (Å²) < 4.78 is 0. The third-order valence-corrected chi connectivity index (χ3v) is 5.20. The third-order valence-electron chi connectivity index (χ3n) is 4.21. The van der Waals surface area contributed by atoms with Gasteiger partial charge in [0.15, 0.2) is 0 Å². The van der Waals surface area contributed by atoms with E-state index >= 15 is 0 Å². The van der Waals surface area contributed by atoms with E-state index in [9.17, 15) is 0 Å². The topological polar surface area (TPSA) is 15.3 Å². The molecule has 2 unspecified atom stereocenters. The molecule has 1 saturated carbocycles. The van der Waals surface area contributed by atoms with Gasteiger partial charge in [-0.25, -0.2) is 0 Å². The van der Waals surface area contributed by atoms with Gasteiger partial charge in [0.2, 0.25) is 0 Å². The maximum absolute atomic E-state index is 3.64. The molecule has 104 valence electrons. The summed E-state index contributed by atoms with van der Waals surface area (Å²) in [7, 11) is 0. The molecular formula is C16H24N2S.